The first kappa shape index (κ1) is 58.6. The van der Waals surface area contributed by atoms with E-state index in [2.05, 4.69) is 5.32 Å². The van der Waals surface area contributed by atoms with Gasteiger partial charge in [-0.2, -0.15) is 0 Å². The van der Waals surface area contributed by atoms with Crippen LogP contribution in [0.4, 0.5) is 0 Å². The van der Waals surface area contributed by atoms with Crippen LogP contribution in [0.25, 0.3) is 0 Å². The largest absolute Gasteiger partial charge is 0.394 e. The van der Waals surface area contributed by atoms with Crippen LogP contribution in [0.1, 0.15) is 0 Å². The van der Waals surface area contributed by atoms with Crippen molar-refractivity contribution in [3.05, 3.63) is 0 Å². The minimum absolute atomic E-state index is 0.555. The second-order valence-corrected chi connectivity index (χ2v) is 17.5. The van der Waals surface area contributed by atoms with Gasteiger partial charge >= 0.3 is 0 Å². The predicted molar refractivity (Wildman–Crippen MR) is 221 cm³/mol. The Morgan fingerprint density at radius 2 is 0.710 bits per heavy atom. The molecular formula is C38H73N5O26. The Hall–Kier alpha value is -1.24. The lowest BCUT2D eigenvalue weighted by Gasteiger charge is -2.50. The summed E-state index contributed by atoms with van der Waals surface area (Å²) in [6.07, 6.45) is -37.5. The summed E-state index contributed by atoms with van der Waals surface area (Å²) in [5, 5.41) is 159. The Bertz CT molecular complexity index is 1510. The summed E-state index contributed by atoms with van der Waals surface area (Å²) < 4.78 is 63.2. The molecule has 0 saturated carbocycles. The maximum absolute atomic E-state index is 11.5. The lowest BCUT2D eigenvalue weighted by molar-refractivity contribution is -0.364. The average molecular weight is 1020 g/mol. The van der Waals surface area contributed by atoms with E-state index in [9.17, 15) is 71.5 Å². The fourth-order valence-electron chi connectivity index (χ4n) is 8.85. The molecule has 24 N–H and O–H groups in total. The molecule has 69 heavy (non-hydrogen) atoms. The second kappa shape index (κ2) is 26.3. The highest BCUT2D eigenvalue weighted by Gasteiger charge is 2.56. The number of rotatable bonds is 22. The van der Waals surface area contributed by atoms with Crippen LogP contribution in [-0.2, 0) is 52.1 Å². The molecule has 25 unspecified atom stereocenters. The number of aliphatic hydroxyl groups excluding tert-OH is 15. The number of nitrogens with two attached hydrogens (primary N) is 4. The van der Waals surface area contributed by atoms with Gasteiger partial charge in [0.2, 0.25) is 0 Å². The topological polar surface area (TPSA) is 521 Å². The van der Waals surface area contributed by atoms with Gasteiger partial charge in [-0.1, -0.05) is 0 Å². The zero-order valence-electron chi connectivity index (χ0n) is 37.7. The van der Waals surface area contributed by atoms with Crippen LogP contribution in [0.15, 0.2) is 0 Å². The average Bonchev–Trinajstić information content (AvgIpc) is 3.35. The Labute approximate surface area is 394 Å². The van der Waals surface area contributed by atoms with E-state index in [4.69, 9.17) is 80.1 Å². The van der Waals surface area contributed by atoms with Crippen LogP contribution < -0.4 is 28.3 Å². The van der Waals surface area contributed by atoms with E-state index in [-0.39, 0.29) is 0 Å². The van der Waals surface area contributed by atoms with Crippen LogP contribution in [0.2, 0.25) is 0 Å². The van der Waals surface area contributed by atoms with Crippen LogP contribution >= 0.6 is 0 Å². The van der Waals surface area contributed by atoms with Crippen LogP contribution in [0.5, 0.6) is 0 Å². The standard InChI is InChI=1S/C38H73N5O26/c1-59-29-12(5-45)61-34(17(39)24(29)54)66-30-13(6-46)62-35(18(40)25(30)55)67-31-14(7-47)63-36(19(41)26(31)56)68-32-15(8-48)64-37(20(42)27(32)57)69-33-16(9-49)65-38(60-2)21(28(33)58)43-3-10(50)22(52)23(53)11(51)4-44/h10-38,43-58H,3-9,39-42H2,1-2H3/t10-,11+,12?,13?,14?,15?,16?,17?,18?,19?,20?,21?,22+,23-,24?,25?,26?,27?,28?,29?,30?,31?,32?,33?,34?,35?,36?,37?,38?/m0/s1. The van der Waals surface area contributed by atoms with E-state index in [1.54, 1.807) is 0 Å². The molecule has 5 fully saturated rings. The monoisotopic (exact) mass is 1020 g/mol. The molecule has 5 aliphatic heterocycles. The lowest BCUT2D eigenvalue weighted by Crippen LogP contribution is -2.71. The first-order valence-corrected chi connectivity index (χ1v) is 22.3. The van der Waals surface area contributed by atoms with Gasteiger partial charge in [-0.3, -0.25) is 0 Å². The number of hydrogen-bond donors (Lipinski definition) is 20. The van der Waals surface area contributed by atoms with Crippen molar-refractivity contribution in [3.8, 4) is 0 Å². The third-order valence-electron chi connectivity index (χ3n) is 13.0. The Kier molecular flexibility index (Phi) is 22.4. The van der Waals surface area contributed by atoms with Gasteiger partial charge in [0.25, 0.3) is 0 Å². The minimum atomic E-state index is -1.96. The molecule has 31 heteroatoms. The van der Waals surface area contributed by atoms with Gasteiger partial charge in [0, 0.05) is 20.8 Å². The molecule has 0 aromatic heterocycles. The normalized spacial score (nSPS) is 47.3. The Morgan fingerprint density at radius 3 is 1.01 bits per heavy atom. The maximum Gasteiger partial charge on any atom is 0.176 e. The summed E-state index contributed by atoms with van der Waals surface area (Å²) in [4.78, 5) is 0. The Balaban J connectivity index is 1.22. The van der Waals surface area contributed by atoms with Crippen molar-refractivity contribution in [2.24, 2.45) is 22.9 Å². The van der Waals surface area contributed by atoms with Gasteiger partial charge in [-0.15, -0.1) is 0 Å². The minimum Gasteiger partial charge on any atom is -0.394 e. The zero-order chi connectivity index (χ0) is 51.2. The van der Waals surface area contributed by atoms with Crippen molar-refractivity contribution in [2.45, 2.75) is 178 Å². The highest BCUT2D eigenvalue weighted by Crippen LogP contribution is 2.35. The third-order valence-corrected chi connectivity index (χ3v) is 13.0. The smallest absolute Gasteiger partial charge is 0.176 e. The van der Waals surface area contributed by atoms with Gasteiger partial charge in [-0.05, 0) is 0 Å². The molecule has 5 heterocycles. The maximum atomic E-state index is 11.5. The molecule has 0 bridgehead atoms. The summed E-state index contributed by atoms with van der Waals surface area (Å²) in [6, 6.07) is -7.16. The summed E-state index contributed by atoms with van der Waals surface area (Å²) >= 11 is 0. The summed E-state index contributed by atoms with van der Waals surface area (Å²) in [7, 11) is 2.48. The zero-order valence-corrected chi connectivity index (χ0v) is 37.7. The summed E-state index contributed by atoms with van der Waals surface area (Å²) in [5.41, 5.74) is 25.1. The molecule has 0 aromatic carbocycles. The SMILES string of the molecule is COC1OC(CO)C(OC2OC(CO)C(OC3OC(CO)C(OC4OC(CO)C(OC5OC(CO)C(OC)C(O)C5N)C(O)C4N)C(O)C3N)C(O)C2N)C(O)C1NC[C@H](O)[C@@H](O)[C@@H](O)[C@H](O)CO. The van der Waals surface area contributed by atoms with E-state index in [0.29, 0.717) is 0 Å². The van der Waals surface area contributed by atoms with Crippen LogP contribution in [0, 0.1) is 0 Å². The Morgan fingerprint density at radius 1 is 0.420 bits per heavy atom. The van der Waals surface area contributed by atoms with Crippen molar-refractivity contribution in [2.75, 3.05) is 60.4 Å². The van der Waals surface area contributed by atoms with Crippen LogP contribution in [-0.4, -0.2) is 315 Å². The molecule has 5 aliphatic rings. The molecule has 0 aromatic rings. The number of ether oxygens (including phenoxy) is 11. The van der Waals surface area contributed by atoms with E-state index in [1.165, 1.54) is 14.2 Å². The quantitative estimate of drug-likeness (QED) is 0.0479. The fourth-order valence-corrected chi connectivity index (χ4v) is 8.85. The molecule has 5 saturated heterocycles. The predicted octanol–water partition coefficient (Wildman–Crippen LogP) is -13.7. The molecular weight excluding hydrogens is 942 g/mol. The van der Waals surface area contributed by atoms with Gasteiger partial charge < -0.3 is 157 Å². The molecule has 0 radical (unpaired) electrons. The molecule has 5 rings (SSSR count). The number of nitrogens with one attached hydrogen (secondary N) is 1. The number of hydrogen-bond acceptors (Lipinski definition) is 31. The van der Waals surface area contributed by atoms with Gasteiger partial charge in [-0.25, -0.2) is 0 Å². The van der Waals surface area contributed by atoms with Crippen molar-refractivity contribution in [1.29, 1.82) is 0 Å². The number of aliphatic hydroxyl groups is 15. The van der Waals surface area contributed by atoms with Crippen LogP contribution in [0.3, 0.4) is 0 Å². The highest BCUT2D eigenvalue weighted by molar-refractivity contribution is 5.02. The molecule has 0 aliphatic carbocycles. The van der Waals surface area contributed by atoms with Crippen molar-refractivity contribution in [1.82, 2.24) is 5.32 Å². The van der Waals surface area contributed by atoms with E-state index in [1.807, 2.05) is 0 Å². The fraction of sp³-hybridized carbons (Fsp3) is 1.00. The molecule has 0 spiro atoms. The van der Waals surface area contributed by atoms with E-state index in [0.717, 1.165) is 0 Å². The van der Waals surface area contributed by atoms with Gasteiger partial charge in [0.1, 0.15) is 110 Å². The molecule has 31 nitrogen and oxygen atoms in total. The van der Waals surface area contributed by atoms with Gasteiger partial charge in [0.15, 0.2) is 31.5 Å². The second-order valence-electron chi connectivity index (χ2n) is 17.5. The molecule has 406 valence electrons. The van der Waals surface area contributed by atoms with E-state index < -0.39 is 224 Å². The van der Waals surface area contributed by atoms with E-state index >= 15 is 0 Å². The van der Waals surface area contributed by atoms with Crippen molar-refractivity contribution in [3.63, 3.8) is 0 Å². The van der Waals surface area contributed by atoms with Gasteiger partial charge in [0.05, 0.1) is 76.0 Å². The lowest BCUT2D eigenvalue weighted by atomic mass is 9.93. The van der Waals surface area contributed by atoms with Crippen molar-refractivity contribution >= 4 is 0 Å². The number of methoxy groups -OCH3 is 2. The first-order chi connectivity index (χ1) is 32.8. The third kappa shape index (κ3) is 12.8. The first-order valence-electron chi connectivity index (χ1n) is 22.3. The van der Waals surface area contributed by atoms with Crippen molar-refractivity contribution < 1.29 is 129 Å². The highest BCUT2D eigenvalue weighted by atomic mass is 16.8. The summed E-state index contributed by atoms with van der Waals surface area (Å²) in [5.74, 6) is 0. The summed E-state index contributed by atoms with van der Waals surface area (Å²) in [6.45, 7) is -5.38. The molecule has 29 atom stereocenters. The molecule has 0 amide bonds.